The average Bonchev–Trinajstić information content (AvgIpc) is 2.97. The predicted molar refractivity (Wildman–Crippen MR) is 96.9 cm³/mol. The first-order valence-electron chi connectivity index (χ1n) is 9.24. The molecule has 8 nitrogen and oxygen atoms in total. The van der Waals surface area contributed by atoms with Crippen LogP contribution in [0.2, 0.25) is 0 Å². The number of carbonyl (C=O) groups is 4. The van der Waals surface area contributed by atoms with Crippen molar-refractivity contribution in [1.29, 1.82) is 5.26 Å². The second-order valence-electron chi connectivity index (χ2n) is 7.11. The molecule has 0 bridgehead atoms. The quantitative estimate of drug-likeness (QED) is 0.609. The van der Waals surface area contributed by atoms with E-state index in [0.29, 0.717) is 12.8 Å². The number of nitrogens with zero attached hydrogens (tertiary/aromatic N) is 2. The molecule has 1 N–H and O–H groups in total. The van der Waals surface area contributed by atoms with Gasteiger partial charge in [-0.05, 0) is 31.9 Å². The maximum absolute atomic E-state index is 12.4. The van der Waals surface area contributed by atoms with Gasteiger partial charge in [0.05, 0.1) is 17.2 Å². The number of imide groups is 1. The van der Waals surface area contributed by atoms with Crippen LogP contribution in [0.3, 0.4) is 0 Å². The lowest BCUT2D eigenvalue weighted by atomic mass is 9.83. The van der Waals surface area contributed by atoms with Gasteiger partial charge in [0.15, 0.2) is 6.61 Å². The molecule has 1 aliphatic carbocycles. The summed E-state index contributed by atoms with van der Waals surface area (Å²) < 4.78 is 5.00. The monoisotopic (exact) mass is 383 g/mol. The highest BCUT2D eigenvalue weighted by atomic mass is 16.5. The molecular weight excluding hydrogens is 362 g/mol. The van der Waals surface area contributed by atoms with Gasteiger partial charge in [0.1, 0.15) is 11.6 Å². The predicted octanol–water partition coefficient (Wildman–Crippen LogP) is 1.56. The van der Waals surface area contributed by atoms with Gasteiger partial charge in [-0.25, -0.2) is 4.79 Å². The van der Waals surface area contributed by atoms with Gasteiger partial charge < -0.3 is 10.1 Å². The van der Waals surface area contributed by atoms with Crippen molar-refractivity contribution in [2.45, 2.75) is 50.6 Å². The van der Waals surface area contributed by atoms with Crippen LogP contribution in [0.5, 0.6) is 0 Å². The molecule has 3 amide bonds. The number of nitrogens with one attached hydrogen (secondary N) is 1. The van der Waals surface area contributed by atoms with Crippen molar-refractivity contribution < 1.29 is 23.9 Å². The van der Waals surface area contributed by atoms with E-state index in [1.165, 1.54) is 19.1 Å². The molecule has 1 aliphatic heterocycles. The third kappa shape index (κ3) is 3.60. The lowest BCUT2D eigenvalue weighted by molar-refractivity contribution is -0.152. The largest absolute Gasteiger partial charge is 0.454 e. The minimum absolute atomic E-state index is 0.234. The zero-order chi connectivity index (χ0) is 20.3. The number of hydrogen-bond acceptors (Lipinski definition) is 6. The summed E-state index contributed by atoms with van der Waals surface area (Å²) in [5, 5.41) is 12.0. The molecule has 0 spiro atoms. The third-order valence-electron chi connectivity index (χ3n) is 5.20. The Balaban J connectivity index is 1.58. The Kier molecular flexibility index (Phi) is 5.45. The van der Waals surface area contributed by atoms with Crippen LogP contribution in [0.4, 0.5) is 0 Å². The fourth-order valence-electron chi connectivity index (χ4n) is 3.65. The van der Waals surface area contributed by atoms with Crippen molar-refractivity contribution in [2.24, 2.45) is 0 Å². The molecule has 1 aromatic carbocycles. The summed E-state index contributed by atoms with van der Waals surface area (Å²) in [4.78, 5) is 50.1. The lowest BCUT2D eigenvalue weighted by Crippen LogP contribution is -2.50. The number of amides is 3. The van der Waals surface area contributed by atoms with Crippen LogP contribution in [0.25, 0.3) is 0 Å². The topological polar surface area (TPSA) is 117 Å². The van der Waals surface area contributed by atoms with E-state index >= 15 is 0 Å². The minimum Gasteiger partial charge on any atom is -0.454 e. The number of carbonyl (C=O) groups excluding carboxylic acids is 4. The Hall–Kier alpha value is -3.21. The van der Waals surface area contributed by atoms with Gasteiger partial charge in [0, 0.05) is 0 Å². The van der Waals surface area contributed by atoms with Crippen LogP contribution >= 0.6 is 0 Å². The molecule has 8 heteroatoms. The smallest absolute Gasteiger partial charge is 0.329 e. The number of hydrogen-bond donors (Lipinski definition) is 1. The minimum atomic E-state index is -1.17. The number of fused-ring (bicyclic) bond motifs is 1. The van der Waals surface area contributed by atoms with Crippen LogP contribution in [-0.2, 0) is 14.3 Å². The Morgan fingerprint density at radius 1 is 1.18 bits per heavy atom. The third-order valence-corrected chi connectivity index (χ3v) is 5.20. The van der Waals surface area contributed by atoms with E-state index in [9.17, 15) is 24.4 Å². The molecule has 0 radical (unpaired) electrons. The first kappa shape index (κ1) is 19.5. The van der Waals surface area contributed by atoms with Crippen LogP contribution in [0.1, 0.15) is 59.7 Å². The first-order chi connectivity index (χ1) is 13.4. The molecule has 1 heterocycles. The molecule has 2 aliphatic rings. The molecule has 1 fully saturated rings. The number of benzene rings is 1. The van der Waals surface area contributed by atoms with Gasteiger partial charge in [0.2, 0.25) is 0 Å². The van der Waals surface area contributed by atoms with Crippen LogP contribution in [0.15, 0.2) is 24.3 Å². The molecule has 28 heavy (non-hydrogen) atoms. The number of esters is 1. The van der Waals surface area contributed by atoms with Gasteiger partial charge >= 0.3 is 5.97 Å². The van der Waals surface area contributed by atoms with Gasteiger partial charge in [0.25, 0.3) is 17.7 Å². The number of rotatable bonds is 5. The lowest BCUT2D eigenvalue weighted by Gasteiger charge is -2.31. The molecule has 3 rings (SSSR count). The SMILES string of the molecule is C[C@@H](C(=O)OCC(=O)NC1(C#N)CCCCC1)N1C(=O)c2ccccc2C1=O. The highest BCUT2D eigenvalue weighted by Gasteiger charge is 2.41. The zero-order valence-electron chi connectivity index (χ0n) is 15.6. The fraction of sp³-hybridized carbons (Fsp3) is 0.450. The van der Waals surface area contributed by atoms with Gasteiger partial charge in [-0.15, -0.1) is 0 Å². The molecule has 0 saturated heterocycles. The van der Waals surface area contributed by atoms with Crippen LogP contribution < -0.4 is 5.32 Å². The molecule has 1 aromatic rings. The van der Waals surface area contributed by atoms with E-state index in [1.807, 2.05) is 0 Å². The van der Waals surface area contributed by atoms with Crippen molar-refractivity contribution in [3.8, 4) is 6.07 Å². The van der Waals surface area contributed by atoms with E-state index < -0.39 is 41.9 Å². The van der Waals surface area contributed by atoms with E-state index in [1.54, 1.807) is 12.1 Å². The average molecular weight is 383 g/mol. The van der Waals surface area contributed by atoms with Crippen molar-refractivity contribution in [2.75, 3.05) is 6.61 Å². The fourth-order valence-corrected chi connectivity index (χ4v) is 3.65. The van der Waals surface area contributed by atoms with Crippen molar-refractivity contribution >= 4 is 23.7 Å². The second kappa shape index (κ2) is 7.80. The van der Waals surface area contributed by atoms with Gasteiger partial charge in [-0.1, -0.05) is 31.4 Å². The highest BCUT2D eigenvalue weighted by Crippen LogP contribution is 2.27. The molecule has 146 valence electrons. The Morgan fingerprint density at radius 2 is 1.75 bits per heavy atom. The molecule has 0 aromatic heterocycles. The molecule has 0 unspecified atom stereocenters. The molecule has 1 saturated carbocycles. The summed E-state index contributed by atoms with van der Waals surface area (Å²) in [6, 6.07) is 7.30. The number of nitriles is 1. The normalized spacial score (nSPS) is 18.8. The van der Waals surface area contributed by atoms with E-state index in [4.69, 9.17) is 4.74 Å². The maximum atomic E-state index is 12.4. The maximum Gasteiger partial charge on any atom is 0.329 e. The summed E-state index contributed by atoms with van der Waals surface area (Å²) >= 11 is 0. The van der Waals surface area contributed by atoms with E-state index in [-0.39, 0.29) is 11.1 Å². The Bertz CT molecular complexity index is 832. The summed E-state index contributed by atoms with van der Waals surface area (Å²) in [6.07, 6.45) is 3.85. The summed E-state index contributed by atoms with van der Waals surface area (Å²) in [5.74, 6) is -2.58. The second-order valence-corrected chi connectivity index (χ2v) is 7.11. The van der Waals surface area contributed by atoms with E-state index in [0.717, 1.165) is 24.2 Å². The van der Waals surface area contributed by atoms with Crippen molar-refractivity contribution in [3.05, 3.63) is 35.4 Å². The zero-order valence-corrected chi connectivity index (χ0v) is 15.6. The summed E-state index contributed by atoms with van der Waals surface area (Å²) in [6.45, 7) is 0.801. The first-order valence-corrected chi connectivity index (χ1v) is 9.24. The van der Waals surface area contributed by atoms with Crippen LogP contribution in [0, 0.1) is 11.3 Å². The summed E-state index contributed by atoms with van der Waals surface area (Å²) in [5.41, 5.74) is -0.452. The van der Waals surface area contributed by atoms with Gasteiger partial charge in [-0.3, -0.25) is 19.3 Å². The molecule has 1 atom stereocenters. The van der Waals surface area contributed by atoms with Crippen molar-refractivity contribution in [3.63, 3.8) is 0 Å². The molecular formula is C20H21N3O5. The van der Waals surface area contributed by atoms with Gasteiger partial charge in [-0.2, -0.15) is 5.26 Å². The van der Waals surface area contributed by atoms with E-state index in [2.05, 4.69) is 11.4 Å². The standard InChI is InChI=1S/C20H21N3O5/c1-13(23-17(25)14-7-3-4-8-15(14)18(23)26)19(27)28-11-16(24)22-20(12-21)9-5-2-6-10-20/h3-4,7-8,13H,2,5-6,9-11H2,1H3,(H,22,24)/t13-/m0/s1. The van der Waals surface area contributed by atoms with Crippen molar-refractivity contribution in [1.82, 2.24) is 10.2 Å². The van der Waals surface area contributed by atoms with Crippen LogP contribution in [-0.4, -0.2) is 46.8 Å². The summed E-state index contributed by atoms with van der Waals surface area (Å²) in [7, 11) is 0. The number of ether oxygens (including phenoxy) is 1. The highest BCUT2D eigenvalue weighted by molar-refractivity contribution is 6.22. The Morgan fingerprint density at radius 3 is 2.29 bits per heavy atom. The Labute approximate surface area is 162 Å².